The summed E-state index contributed by atoms with van der Waals surface area (Å²) in [6.07, 6.45) is -0.180. The van der Waals surface area contributed by atoms with Crippen LogP contribution in [0.25, 0.3) is 0 Å². The van der Waals surface area contributed by atoms with Crippen LogP contribution in [0.5, 0.6) is 0 Å². The Labute approximate surface area is 99.3 Å². The lowest BCUT2D eigenvalue weighted by Crippen LogP contribution is -2.26. The maximum Gasteiger partial charge on any atom is 0.304 e. The van der Waals surface area contributed by atoms with E-state index in [1.807, 2.05) is 0 Å². The maximum absolute atomic E-state index is 13.4. The van der Waals surface area contributed by atoms with Gasteiger partial charge in [0.2, 0.25) is 0 Å². The van der Waals surface area contributed by atoms with E-state index >= 15 is 0 Å². The summed E-state index contributed by atoms with van der Waals surface area (Å²) in [5.74, 6) is -3.96. The summed E-state index contributed by atoms with van der Waals surface area (Å²) in [4.78, 5) is 10.8. The molecule has 0 amide bonds. The zero-order chi connectivity index (χ0) is 13.3. The van der Waals surface area contributed by atoms with Gasteiger partial charge in [-0.25, -0.2) is 8.78 Å². The van der Waals surface area contributed by atoms with Gasteiger partial charge in [-0.15, -0.1) is 0 Å². The van der Waals surface area contributed by atoms with Gasteiger partial charge in [0.25, 0.3) is 5.92 Å². The third-order valence-electron chi connectivity index (χ3n) is 2.72. The molecule has 1 aromatic carbocycles. The van der Waals surface area contributed by atoms with Crippen molar-refractivity contribution < 1.29 is 18.7 Å². The fourth-order valence-electron chi connectivity index (χ4n) is 1.93. The molecule has 0 aliphatic heterocycles. The Morgan fingerprint density at radius 2 is 1.65 bits per heavy atom. The minimum absolute atomic E-state index is 0.105. The van der Waals surface area contributed by atoms with Gasteiger partial charge in [-0.1, -0.05) is 38.1 Å². The van der Waals surface area contributed by atoms with Crippen molar-refractivity contribution in [2.24, 2.45) is 0 Å². The quantitative estimate of drug-likeness (QED) is 0.876. The van der Waals surface area contributed by atoms with E-state index in [0.717, 1.165) is 6.92 Å². The molecule has 17 heavy (non-hydrogen) atoms. The van der Waals surface area contributed by atoms with E-state index in [0.29, 0.717) is 5.56 Å². The molecule has 4 heteroatoms. The molecule has 0 heterocycles. The Morgan fingerprint density at radius 1 is 1.18 bits per heavy atom. The lowest BCUT2D eigenvalue weighted by molar-refractivity contribution is -0.138. The van der Waals surface area contributed by atoms with Crippen molar-refractivity contribution in [3.8, 4) is 0 Å². The molecule has 0 aliphatic carbocycles. The van der Waals surface area contributed by atoms with Crippen LogP contribution < -0.4 is 0 Å². The third kappa shape index (κ3) is 3.25. The number of hydrogen-bond acceptors (Lipinski definition) is 1. The number of carbonyl (C=O) groups is 1. The van der Waals surface area contributed by atoms with E-state index in [1.165, 1.54) is 12.1 Å². The van der Waals surface area contributed by atoms with Gasteiger partial charge in [0, 0.05) is 17.9 Å². The summed E-state index contributed by atoms with van der Waals surface area (Å²) >= 11 is 0. The van der Waals surface area contributed by atoms with E-state index in [4.69, 9.17) is 5.11 Å². The van der Waals surface area contributed by atoms with Gasteiger partial charge in [0.15, 0.2) is 0 Å². The predicted molar refractivity (Wildman–Crippen MR) is 61.3 cm³/mol. The van der Waals surface area contributed by atoms with Gasteiger partial charge < -0.3 is 5.11 Å². The second-order valence-corrected chi connectivity index (χ2v) is 4.89. The third-order valence-corrected chi connectivity index (χ3v) is 2.72. The van der Waals surface area contributed by atoms with Gasteiger partial charge >= 0.3 is 5.97 Å². The minimum atomic E-state index is -2.97. The molecule has 0 bridgehead atoms. The SMILES string of the molecule is CC(F)(F)c1ccccc1C(C)(C)CC(=O)O. The number of aliphatic carboxylic acids is 1. The summed E-state index contributed by atoms with van der Waals surface area (Å²) in [6.45, 7) is 4.14. The van der Waals surface area contributed by atoms with E-state index < -0.39 is 17.3 Å². The van der Waals surface area contributed by atoms with Crippen molar-refractivity contribution in [2.75, 3.05) is 0 Å². The van der Waals surface area contributed by atoms with Crippen molar-refractivity contribution in [3.05, 3.63) is 35.4 Å². The lowest BCUT2D eigenvalue weighted by Gasteiger charge is -2.28. The zero-order valence-corrected chi connectivity index (χ0v) is 10.1. The second-order valence-electron chi connectivity index (χ2n) is 4.89. The molecule has 0 unspecified atom stereocenters. The number of hydrogen-bond donors (Lipinski definition) is 1. The molecule has 0 radical (unpaired) electrons. The van der Waals surface area contributed by atoms with Crippen LogP contribution in [0.15, 0.2) is 24.3 Å². The highest BCUT2D eigenvalue weighted by Gasteiger charge is 2.34. The average molecular weight is 242 g/mol. The molecule has 0 fully saturated rings. The van der Waals surface area contributed by atoms with Crippen LogP contribution in [0.3, 0.4) is 0 Å². The van der Waals surface area contributed by atoms with Crippen molar-refractivity contribution in [1.82, 2.24) is 0 Å². The molecule has 94 valence electrons. The van der Waals surface area contributed by atoms with Crippen molar-refractivity contribution in [3.63, 3.8) is 0 Å². The van der Waals surface area contributed by atoms with Crippen LogP contribution in [0.4, 0.5) is 8.78 Å². The topological polar surface area (TPSA) is 37.3 Å². The first kappa shape index (κ1) is 13.6. The molecule has 1 aromatic rings. The van der Waals surface area contributed by atoms with Crippen LogP contribution >= 0.6 is 0 Å². The number of carboxylic acid groups (broad SMARTS) is 1. The fourth-order valence-corrected chi connectivity index (χ4v) is 1.93. The molecular formula is C13H16F2O2. The molecule has 1 rings (SSSR count). The monoisotopic (exact) mass is 242 g/mol. The molecule has 0 atom stereocenters. The van der Waals surface area contributed by atoms with Gasteiger partial charge in [0.1, 0.15) is 0 Å². The van der Waals surface area contributed by atoms with Gasteiger partial charge in [-0.2, -0.15) is 0 Å². The molecule has 2 nitrogen and oxygen atoms in total. The van der Waals surface area contributed by atoms with Crippen LogP contribution in [-0.4, -0.2) is 11.1 Å². The van der Waals surface area contributed by atoms with E-state index in [1.54, 1.807) is 26.0 Å². The first-order chi connectivity index (χ1) is 7.64. The smallest absolute Gasteiger partial charge is 0.304 e. The molecule has 0 saturated heterocycles. The Hall–Kier alpha value is -1.45. The van der Waals surface area contributed by atoms with Crippen LogP contribution in [-0.2, 0) is 16.1 Å². The summed E-state index contributed by atoms with van der Waals surface area (Å²) in [7, 11) is 0. The Bertz CT molecular complexity index is 420. The second kappa shape index (κ2) is 4.43. The summed E-state index contributed by atoms with van der Waals surface area (Å²) in [6, 6.07) is 6.09. The zero-order valence-electron chi connectivity index (χ0n) is 10.1. The molecular weight excluding hydrogens is 226 g/mol. The number of rotatable bonds is 4. The molecule has 0 spiro atoms. The van der Waals surface area contributed by atoms with Crippen LogP contribution in [0.1, 0.15) is 38.3 Å². The normalized spacial score (nSPS) is 12.5. The summed E-state index contributed by atoms with van der Waals surface area (Å²) < 4.78 is 26.9. The largest absolute Gasteiger partial charge is 0.481 e. The van der Waals surface area contributed by atoms with Crippen molar-refractivity contribution >= 4 is 5.97 Å². The van der Waals surface area contributed by atoms with E-state index in [-0.39, 0.29) is 12.0 Å². The molecule has 0 aliphatic rings. The highest BCUT2D eigenvalue weighted by atomic mass is 19.3. The summed E-state index contributed by atoms with van der Waals surface area (Å²) in [5, 5.41) is 8.82. The Morgan fingerprint density at radius 3 is 2.06 bits per heavy atom. The standard InChI is InChI=1S/C13H16F2O2/c1-12(2,8-11(16)17)9-6-4-5-7-10(9)13(3,14)15/h4-7H,8H2,1-3H3,(H,16,17). The number of carboxylic acids is 1. The first-order valence-electron chi connectivity index (χ1n) is 5.34. The Balaban J connectivity index is 3.26. The molecule has 0 aromatic heterocycles. The van der Waals surface area contributed by atoms with Crippen molar-refractivity contribution in [2.45, 2.75) is 38.5 Å². The average Bonchev–Trinajstić information content (AvgIpc) is 2.14. The van der Waals surface area contributed by atoms with E-state index in [9.17, 15) is 13.6 Å². The molecule has 0 saturated carbocycles. The molecule has 1 N–H and O–H groups in total. The Kier molecular flexibility index (Phi) is 3.55. The van der Waals surface area contributed by atoms with Gasteiger partial charge in [-0.3, -0.25) is 4.79 Å². The highest BCUT2D eigenvalue weighted by molar-refractivity contribution is 5.69. The summed E-state index contributed by atoms with van der Waals surface area (Å²) in [5.41, 5.74) is -0.539. The highest BCUT2D eigenvalue weighted by Crippen LogP contribution is 2.37. The number of benzene rings is 1. The van der Waals surface area contributed by atoms with Crippen LogP contribution in [0, 0.1) is 0 Å². The number of alkyl halides is 2. The van der Waals surface area contributed by atoms with Gasteiger partial charge in [-0.05, 0) is 5.56 Å². The predicted octanol–water partition coefficient (Wildman–Crippen LogP) is 3.55. The van der Waals surface area contributed by atoms with E-state index in [2.05, 4.69) is 0 Å². The number of halogens is 2. The van der Waals surface area contributed by atoms with Crippen LogP contribution in [0.2, 0.25) is 0 Å². The van der Waals surface area contributed by atoms with Gasteiger partial charge in [0.05, 0.1) is 6.42 Å². The van der Waals surface area contributed by atoms with Crippen molar-refractivity contribution in [1.29, 1.82) is 0 Å². The maximum atomic E-state index is 13.4. The minimum Gasteiger partial charge on any atom is -0.481 e. The first-order valence-corrected chi connectivity index (χ1v) is 5.34. The lowest BCUT2D eigenvalue weighted by atomic mass is 9.78. The fraction of sp³-hybridized carbons (Fsp3) is 0.462.